The lowest BCUT2D eigenvalue weighted by atomic mass is 10.1. The normalized spacial score (nSPS) is 11.6. The van der Waals surface area contributed by atoms with Gasteiger partial charge in [-0.25, -0.2) is 4.79 Å². The molecule has 158 valence electrons. The van der Waals surface area contributed by atoms with E-state index in [1.54, 1.807) is 43.3 Å². The molecule has 1 aliphatic rings. The smallest absolute Gasteiger partial charge is 0.338 e. The Morgan fingerprint density at radius 2 is 1.84 bits per heavy atom. The molecule has 2 aromatic carbocycles. The number of furan rings is 1. The number of nitrogens with one attached hydrogen (secondary N) is 2. The van der Waals surface area contributed by atoms with Crippen LogP contribution in [0.1, 0.15) is 26.5 Å². The molecule has 0 fully saturated rings. The van der Waals surface area contributed by atoms with Gasteiger partial charge in [-0.15, -0.1) is 0 Å². The van der Waals surface area contributed by atoms with E-state index in [1.807, 2.05) is 0 Å². The average Bonchev–Trinajstić information content (AvgIpc) is 3.45. The van der Waals surface area contributed by atoms with Crippen LogP contribution >= 0.6 is 0 Å². The average molecular weight is 422 g/mol. The molecule has 0 unspecified atom stereocenters. The first-order chi connectivity index (χ1) is 15.0. The molecule has 2 heterocycles. The summed E-state index contributed by atoms with van der Waals surface area (Å²) >= 11 is 0. The molecular formula is C22H18N2O7. The number of fused-ring (bicyclic) bond motifs is 1. The van der Waals surface area contributed by atoms with Crippen molar-refractivity contribution in [3.63, 3.8) is 0 Å². The number of amides is 2. The van der Waals surface area contributed by atoms with Gasteiger partial charge in [0.1, 0.15) is 0 Å². The highest BCUT2D eigenvalue weighted by molar-refractivity contribution is 6.03. The molecule has 0 aliphatic carbocycles. The molecule has 1 aromatic heterocycles. The molecule has 0 bridgehead atoms. The van der Waals surface area contributed by atoms with Crippen molar-refractivity contribution >= 4 is 29.2 Å². The highest BCUT2D eigenvalue weighted by Crippen LogP contribution is 2.34. The Kier molecular flexibility index (Phi) is 5.57. The Bertz CT molecular complexity index is 1140. The molecule has 0 spiro atoms. The van der Waals surface area contributed by atoms with E-state index >= 15 is 0 Å². The second kappa shape index (κ2) is 8.62. The second-order valence-corrected chi connectivity index (χ2v) is 6.65. The number of esters is 1. The fourth-order valence-corrected chi connectivity index (χ4v) is 2.86. The zero-order valence-corrected chi connectivity index (χ0v) is 16.5. The van der Waals surface area contributed by atoms with Crippen molar-refractivity contribution in [3.8, 4) is 11.5 Å². The first-order valence-electron chi connectivity index (χ1n) is 9.32. The number of carbonyl (C=O) groups excluding carboxylic acids is 3. The summed E-state index contributed by atoms with van der Waals surface area (Å²) in [6, 6.07) is 12.8. The van der Waals surface area contributed by atoms with Crippen LogP contribution in [0.4, 0.5) is 11.4 Å². The number of rotatable bonds is 6. The lowest BCUT2D eigenvalue weighted by Gasteiger charge is -2.10. The van der Waals surface area contributed by atoms with Crippen LogP contribution in [0.2, 0.25) is 0 Å². The molecule has 4 rings (SSSR count). The Hall–Kier alpha value is -4.27. The van der Waals surface area contributed by atoms with E-state index in [1.165, 1.54) is 18.4 Å². The van der Waals surface area contributed by atoms with Gasteiger partial charge in [0.2, 0.25) is 6.79 Å². The third-order valence-electron chi connectivity index (χ3n) is 4.46. The van der Waals surface area contributed by atoms with Crippen molar-refractivity contribution in [3.05, 3.63) is 71.7 Å². The summed E-state index contributed by atoms with van der Waals surface area (Å²) < 4.78 is 20.6. The zero-order chi connectivity index (χ0) is 21.8. The highest BCUT2D eigenvalue weighted by Gasteiger charge is 2.17. The molecule has 2 N–H and O–H groups in total. The molecule has 0 saturated heterocycles. The van der Waals surface area contributed by atoms with E-state index in [0.717, 1.165) is 5.56 Å². The van der Waals surface area contributed by atoms with Gasteiger partial charge >= 0.3 is 5.97 Å². The van der Waals surface area contributed by atoms with Crippen LogP contribution in [0.15, 0.2) is 59.2 Å². The number of aryl methyl sites for hydroxylation is 1. The van der Waals surface area contributed by atoms with Crippen LogP contribution in [0.3, 0.4) is 0 Å². The largest absolute Gasteiger partial charge is 0.459 e. The molecule has 2 amide bonds. The Balaban J connectivity index is 1.35. The molecule has 1 aliphatic heterocycles. The SMILES string of the molecule is Cc1ccc(C(=O)OCC(=O)Nc2ccc3c(c2)OCO3)cc1NC(=O)c1ccco1. The van der Waals surface area contributed by atoms with Crippen LogP contribution in [-0.4, -0.2) is 31.2 Å². The van der Waals surface area contributed by atoms with E-state index in [4.69, 9.17) is 18.6 Å². The van der Waals surface area contributed by atoms with Gasteiger partial charge in [-0.1, -0.05) is 6.07 Å². The lowest BCUT2D eigenvalue weighted by molar-refractivity contribution is -0.119. The minimum absolute atomic E-state index is 0.130. The Labute approximate surface area is 176 Å². The summed E-state index contributed by atoms with van der Waals surface area (Å²) in [6.45, 7) is 1.44. The first kappa shape index (κ1) is 20.0. The summed E-state index contributed by atoms with van der Waals surface area (Å²) in [5.41, 5.74) is 1.86. The van der Waals surface area contributed by atoms with Crippen molar-refractivity contribution in [2.45, 2.75) is 6.92 Å². The van der Waals surface area contributed by atoms with Crippen molar-refractivity contribution in [2.24, 2.45) is 0 Å². The van der Waals surface area contributed by atoms with Crippen LogP contribution in [0.25, 0.3) is 0 Å². The summed E-state index contributed by atoms with van der Waals surface area (Å²) in [7, 11) is 0. The van der Waals surface area contributed by atoms with Crippen molar-refractivity contribution in [1.82, 2.24) is 0 Å². The summed E-state index contributed by atoms with van der Waals surface area (Å²) in [6.07, 6.45) is 1.39. The third-order valence-corrected chi connectivity index (χ3v) is 4.46. The van der Waals surface area contributed by atoms with Crippen LogP contribution < -0.4 is 20.1 Å². The third kappa shape index (κ3) is 4.67. The van der Waals surface area contributed by atoms with E-state index in [2.05, 4.69) is 10.6 Å². The van der Waals surface area contributed by atoms with Crippen molar-refractivity contribution in [1.29, 1.82) is 0 Å². The van der Waals surface area contributed by atoms with Gasteiger partial charge in [0.05, 0.1) is 11.8 Å². The molecular weight excluding hydrogens is 404 g/mol. The van der Waals surface area contributed by atoms with Gasteiger partial charge in [-0.05, 0) is 48.9 Å². The summed E-state index contributed by atoms with van der Waals surface area (Å²) in [5, 5.41) is 5.31. The Morgan fingerprint density at radius 3 is 2.65 bits per heavy atom. The standard InChI is InChI=1S/C22H18N2O7/c1-13-4-5-14(9-16(13)24-21(26)18-3-2-8-28-18)22(27)29-11-20(25)23-15-6-7-17-19(10-15)31-12-30-17/h2-10H,11-12H2,1H3,(H,23,25)(H,24,26). The van der Waals surface area contributed by atoms with Crippen LogP contribution in [-0.2, 0) is 9.53 Å². The van der Waals surface area contributed by atoms with Crippen LogP contribution in [0, 0.1) is 6.92 Å². The van der Waals surface area contributed by atoms with Gasteiger partial charge in [-0.2, -0.15) is 0 Å². The molecule has 0 saturated carbocycles. The first-order valence-corrected chi connectivity index (χ1v) is 9.32. The van der Waals surface area contributed by atoms with Crippen molar-refractivity contribution < 1.29 is 33.0 Å². The van der Waals surface area contributed by atoms with Gasteiger partial charge in [0.15, 0.2) is 23.9 Å². The second-order valence-electron chi connectivity index (χ2n) is 6.65. The summed E-state index contributed by atoms with van der Waals surface area (Å²) in [5.74, 6) is -0.383. The number of hydrogen-bond donors (Lipinski definition) is 2. The predicted molar refractivity (Wildman–Crippen MR) is 109 cm³/mol. The number of benzene rings is 2. The monoisotopic (exact) mass is 422 g/mol. The minimum Gasteiger partial charge on any atom is -0.459 e. The number of anilines is 2. The van der Waals surface area contributed by atoms with Crippen molar-refractivity contribution in [2.75, 3.05) is 24.0 Å². The number of hydrogen-bond acceptors (Lipinski definition) is 7. The number of ether oxygens (including phenoxy) is 3. The molecule has 0 atom stereocenters. The molecule has 31 heavy (non-hydrogen) atoms. The fraction of sp³-hybridized carbons (Fsp3) is 0.136. The van der Waals surface area contributed by atoms with Crippen LogP contribution in [0.5, 0.6) is 11.5 Å². The van der Waals surface area contributed by atoms with E-state index in [9.17, 15) is 14.4 Å². The lowest BCUT2D eigenvalue weighted by Crippen LogP contribution is -2.21. The minimum atomic E-state index is -0.700. The molecule has 3 aromatic rings. The summed E-state index contributed by atoms with van der Waals surface area (Å²) in [4.78, 5) is 36.7. The Morgan fingerprint density at radius 1 is 1.00 bits per heavy atom. The van der Waals surface area contributed by atoms with Gasteiger partial charge in [-0.3, -0.25) is 9.59 Å². The topological polar surface area (TPSA) is 116 Å². The quantitative estimate of drug-likeness (QED) is 0.585. The highest BCUT2D eigenvalue weighted by atomic mass is 16.7. The maximum Gasteiger partial charge on any atom is 0.338 e. The molecule has 9 nitrogen and oxygen atoms in total. The van der Waals surface area contributed by atoms with Gasteiger partial charge in [0, 0.05) is 17.4 Å². The number of carbonyl (C=O) groups is 3. The maximum atomic E-state index is 12.4. The maximum absolute atomic E-state index is 12.4. The fourth-order valence-electron chi connectivity index (χ4n) is 2.86. The van der Waals surface area contributed by atoms with Gasteiger partial charge < -0.3 is 29.3 Å². The predicted octanol–water partition coefficient (Wildman–Crippen LogP) is 3.36. The molecule has 0 radical (unpaired) electrons. The van der Waals surface area contributed by atoms with E-state index < -0.39 is 24.4 Å². The van der Waals surface area contributed by atoms with E-state index in [0.29, 0.717) is 22.9 Å². The van der Waals surface area contributed by atoms with E-state index in [-0.39, 0.29) is 18.1 Å². The van der Waals surface area contributed by atoms with Gasteiger partial charge in [0.25, 0.3) is 11.8 Å². The molecule has 9 heteroatoms. The zero-order valence-electron chi connectivity index (χ0n) is 16.5.